The molecule has 2 N–H and O–H groups in total. The molecule has 0 aliphatic rings. The molecule has 0 radical (unpaired) electrons. The van der Waals surface area contributed by atoms with E-state index in [1.165, 1.54) is 0 Å². The molecule has 0 aromatic carbocycles. The molecule has 0 amide bonds. The normalized spacial score (nSPS) is 12.6. The van der Waals surface area contributed by atoms with E-state index in [1.54, 1.807) is 12.4 Å². The van der Waals surface area contributed by atoms with Crippen molar-refractivity contribution in [1.82, 2.24) is 20.3 Å². The maximum atomic E-state index is 4.34. The summed E-state index contributed by atoms with van der Waals surface area (Å²) in [5, 5.41) is 3.36. The number of nitrogens with one attached hydrogen (secondary N) is 2. The van der Waals surface area contributed by atoms with Crippen molar-refractivity contribution in [3.63, 3.8) is 0 Å². The van der Waals surface area contributed by atoms with Crippen molar-refractivity contribution in [2.45, 2.75) is 19.5 Å². The van der Waals surface area contributed by atoms with Gasteiger partial charge < -0.3 is 10.3 Å². The van der Waals surface area contributed by atoms with E-state index in [0.717, 1.165) is 20.5 Å². The molecule has 0 aliphatic carbocycles. The number of hydrogen-bond donors (Lipinski definition) is 2. The average Bonchev–Trinajstić information content (AvgIpc) is 2.81. The molecule has 0 saturated heterocycles. The van der Waals surface area contributed by atoms with Crippen molar-refractivity contribution in [3.05, 3.63) is 45.1 Å². The van der Waals surface area contributed by atoms with Crippen molar-refractivity contribution in [3.8, 4) is 0 Å². The quantitative estimate of drug-likeness (QED) is 0.881. The van der Waals surface area contributed by atoms with Crippen LogP contribution in [0, 0.1) is 0 Å². The third-order valence-corrected chi connectivity index (χ3v) is 3.51. The van der Waals surface area contributed by atoms with E-state index in [1.807, 2.05) is 12.3 Å². The number of H-pyrrole nitrogens is 1. The highest BCUT2D eigenvalue weighted by Gasteiger charge is 2.08. The number of halogens is 2. The first-order valence-corrected chi connectivity index (χ1v) is 6.78. The SMILES string of the molecule is CC(NCc1ncc(Br)cc1Br)c1ncc[nH]1. The molecule has 4 nitrogen and oxygen atoms in total. The van der Waals surface area contributed by atoms with Crippen LogP contribution in [0.25, 0.3) is 0 Å². The summed E-state index contributed by atoms with van der Waals surface area (Å²) < 4.78 is 1.96. The molecule has 2 aromatic heterocycles. The van der Waals surface area contributed by atoms with Gasteiger partial charge in [0, 0.05) is 34.1 Å². The molecule has 0 spiro atoms. The molecule has 2 heterocycles. The minimum atomic E-state index is 0.169. The van der Waals surface area contributed by atoms with Crippen LogP contribution in [0.5, 0.6) is 0 Å². The lowest BCUT2D eigenvalue weighted by Crippen LogP contribution is -2.20. The predicted molar refractivity (Wildman–Crippen MR) is 73.5 cm³/mol. The maximum absolute atomic E-state index is 4.34. The Labute approximate surface area is 117 Å². The highest BCUT2D eigenvalue weighted by Crippen LogP contribution is 2.20. The van der Waals surface area contributed by atoms with E-state index < -0.39 is 0 Å². The molecular formula is C11H12Br2N4. The van der Waals surface area contributed by atoms with Crippen LogP contribution in [0.4, 0.5) is 0 Å². The molecule has 0 fully saturated rings. The van der Waals surface area contributed by atoms with Crippen molar-refractivity contribution in [2.24, 2.45) is 0 Å². The summed E-state index contributed by atoms with van der Waals surface area (Å²) in [4.78, 5) is 11.6. The van der Waals surface area contributed by atoms with Crippen LogP contribution in [0.15, 0.2) is 33.6 Å². The van der Waals surface area contributed by atoms with E-state index in [9.17, 15) is 0 Å². The summed E-state index contributed by atoms with van der Waals surface area (Å²) in [6.07, 6.45) is 5.36. The van der Waals surface area contributed by atoms with Gasteiger partial charge in [0.05, 0.1) is 11.7 Å². The molecule has 2 rings (SSSR count). The number of rotatable bonds is 4. The Balaban J connectivity index is 1.98. The average molecular weight is 360 g/mol. The van der Waals surface area contributed by atoms with Gasteiger partial charge in [-0.05, 0) is 44.8 Å². The Bertz CT molecular complexity index is 484. The minimum Gasteiger partial charge on any atom is -0.347 e. The molecular weight excluding hydrogens is 348 g/mol. The van der Waals surface area contributed by atoms with Crippen LogP contribution in [0.2, 0.25) is 0 Å². The standard InChI is InChI=1S/C11H12Br2N4/c1-7(11-14-2-3-15-11)16-6-10-9(13)4-8(12)5-17-10/h2-5,7,16H,6H2,1H3,(H,14,15). The first-order valence-electron chi connectivity index (χ1n) is 5.19. The van der Waals surface area contributed by atoms with Crippen LogP contribution in [-0.2, 0) is 6.54 Å². The molecule has 0 aliphatic heterocycles. The van der Waals surface area contributed by atoms with Gasteiger partial charge in [-0.1, -0.05) is 0 Å². The molecule has 1 atom stereocenters. The lowest BCUT2D eigenvalue weighted by atomic mass is 10.3. The number of imidazole rings is 1. The zero-order valence-electron chi connectivity index (χ0n) is 9.24. The Kier molecular flexibility index (Phi) is 4.31. The van der Waals surface area contributed by atoms with E-state index in [2.05, 4.69) is 59.1 Å². The van der Waals surface area contributed by atoms with Crippen molar-refractivity contribution < 1.29 is 0 Å². The van der Waals surface area contributed by atoms with Crippen molar-refractivity contribution in [2.75, 3.05) is 0 Å². The highest BCUT2D eigenvalue weighted by molar-refractivity contribution is 9.11. The highest BCUT2D eigenvalue weighted by atomic mass is 79.9. The Hall–Kier alpha value is -0.720. The van der Waals surface area contributed by atoms with Crippen LogP contribution >= 0.6 is 31.9 Å². The van der Waals surface area contributed by atoms with E-state index in [0.29, 0.717) is 6.54 Å². The van der Waals surface area contributed by atoms with Gasteiger partial charge >= 0.3 is 0 Å². The first kappa shape index (κ1) is 12.7. The summed E-state index contributed by atoms with van der Waals surface area (Å²) in [5.74, 6) is 0.929. The number of aromatic nitrogens is 3. The van der Waals surface area contributed by atoms with Gasteiger partial charge in [-0.25, -0.2) is 4.98 Å². The zero-order chi connectivity index (χ0) is 12.3. The third-order valence-electron chi connectivity index (χ3n) is 2.39. The van der Waals surface area contributed by atoms with Crippen LogP contribution < -0.4 is 5.32 Å². The molecule has 17 heavy (non-hydrogen) atoms. The van der Waals surface area contributed by atoms with Gasteiger partial charge in [0.2, 0.25) is 0 Å². The van der Waals surface area contributed by atoms with Crippen LogP contribution in [0.3, 0.4) is 0 Å². The lowest BCUT2D eigenvalue weighted by Gasteiger charge is -2.11. The van der Waals surface area contributed by atoms with Gasteiger partial charge in [-0.3, -0.25) is 4.98 Å². The predicted octanol–water partition coefficient (Wildman–Crippen LogP) is 3.18. The summed E-state index contributed by atoms with van der Waals surface area (Å²) in [6.45, 7) is 2.75. The topological polar surface area (TPSA) is 53.6 Å². The summed E-state index contributed by atoms with van der Waals surface area (Å²) in [7, 11) is 0. The fraction of sp³-hybridized carbons (Fsp3) is 0.273. The minimum absolute atomic E-state index is 0.169. The van der Waals surface area contributed by atoms with Gasteiger partial charge in [0.25, 0.3) is 0 Å². The monoisotopic (exact) mass is 358 g/mol. The van der Waals surface area contributed by atoms with E-state index in [-0.39, 0.29) is 6.04 Å². The number of nitrogens with zero attached hydrogens (tertiary/aromatic N) is 2. The first-order chi connectivity index (χ1) is 8.16. The Morgan fingerprint density at radius 2 is 2.24 bits per heavy atom. The molecule has 6 heteroatoms. The second-order valence-corrected chi connectivity index (χ2v) is 5.43. The van der Waals surface area contributed by atoms with Gasteiger partial charge in [-0.2, -0.15) is 0 Å². The van der Waals surface area contributed by atoms with Crippen molar-refractivity contribution >= 4 is 31.9 Å². The number of pyridine rings is 1. The van der Waals surface area contributed by atoms with E-state index in [4.69, 9.17) is 0 Å². The molecule has 0 bridgehead atoms. The Morgan fingerprint density at radius 3 is 2.88 bits per heavy atom. The summed E-state index contributed by atoms with van der Waals surface area (Å²) in [5.41, 5.74) is 0.978. The fourth-order valence-electron chi connectivity index (χ4n) is 1.43. The van der Waals surface area contributed by atoms with E-state index >= 15 is 0 Å². The molecule has 90 valence electrons. The Morgan fingerprint density at radius 1 is 1.41 bits per heavy atom. The van der Waals surface area contributed by atoms with Gasteiger partial charge in [-0.15, -0.1) is 0 Å². The molecule has 1 unspecified atom stereocenters. The largest absolute Gasteiger partial charge is 0.347 e. The summed E-state index contributed by atoms with van der Waals surface area (Å²) in [6, 6.07) is 2.16. The zero-order valence-corrected chi connectivity index (χ0v) is 12.4. The van der Waals surface area contributed by atoms with Crippen molar-refractivity contribution in [1.29, 1.82) is 0 Å². The van der Waals surface area contributed by atoms with Crippen LogP contribution in [0.1, 0.15) is 24.5 Å². The smallest absolute Gasteiger partial charge is 0.122 e. The molecule has 2 aromatic rings. The van der Waals surface area contributed by atoms with Gasteiger partial charge in [0.15, 0.2) is 0 Å². The third kappa shape index (κ3) is 3.37. The lowest BCUT2D eigenvalue weighted by molar-refractivity contribution is 0.544. The maximum Gasteiger partial charge on any atom is 0.122 e. The fourth-order valence-corrected chi connectivity index (χ4v) is 2.56. The second-order valence-electron chi connectivity index (χ2n) is 3.66. The van der Waals surface area contributed by atoms with Gasteiger partial charge in [0.1, 0.15) is 5.82 Å². The number of aromatic amines is 1. The molecule has 0 saturated carbocycles. The number of hydrogen-bond acceptors (Lipinski definition) is 3. The van der Waals surface area contributed by atoms with Crippen LogP contribution in [-0.4, -0.2) is 15.0 Å². The second kappa shape index (κ2) is 5.75. The summed E-state index contributed by atoms with van der Waals surface area (Å²) >= 11 is 6.87.